The van der Waals surface area contributed by atoms with Crippen LogP contribution in [0.4, 0.5) is 0 Å². The fraction of sp³-hybridized carbons (Fsp3) is 0.0182. The summed E-state index contributed by atoms with van der Waals surface area (Å²) in [4.78, 5) is 41.7. The van der Waals surface area contributed by atoms with Gasteiger partial charge in [-0.05, 0) is 156 Å². The Balaban J connectivity index is 0.586. The number of fused-ring (bicyclic) bond motifs is 18. The van der Waals surface area contributed by atoms with Crippen LogP contribution in [0.3, 0.4) is 0 Å². The summed E-state index contributed by atoms with van der Waals surface area (Å²) >= 11 is 0. The molecule has 23 rings (SSSR count). The molecule has 6 heterocycles. The highest BCUT2D eigenvalue weighted by molar-refractivity contribution is 6.04. The molecule has 560 valence electrons. The van der Waals surface area contributed by atoms with Gasteiger partial charge >= 0.3 is 0 Å². The molecule has 2 spiro atoms. The number of ether oxygens (including phenoxy) is 2. The Labute approximate surface area is 693 Å². The Morgan fingerprint density at radius 2 is 0.600 bits per heavy atom. The predicted octanol–water partition coefficient (Wildman–Crippen LogP) is 26.3. The van der Waals surface area contributed by atoms with Crippen molar-refractivity contribution >= 4 is 21.8 Å². The summed E-state index contributed by atoms with van der Waals surface area (Å²) < 4.78 is 13.4. The minimum atomic E-state index is -0.855. The van der Waals surface area contributed by atoms with Crippen molar-refractivity contribution in [2.75, 3.05) is 0 Å². The Morgan fingerprint density at radius 1 is 0.217 bits per heavy atom. The number of rotatable bonds is 11. The first-order valence-corrected chi connectivity index (χ1v) is 40.4. The minimum Gasteiger partial charge on any atom is -0.465 e. The van der Waals surface area contributed by atoms with Crippen LogP contribution in [0.25, 0.3) is 168 Å². The number of benzene rings is 15. The van der Waals surface area contributed by atoms with E-state index in [1.165, 1.54) is 22.3 Å². The Morgan fingerprint density at radius 3 is 1.21 bits per heavy atom. The smallest absolute Gasteiger partial charge is 0.164 e. The van der Waals surface area contributed by atoms with Gasteiger partial charge in [-0.15, -0.1) is 0 Å². The van der Waals surface area contributed by atoms with Crippen LogP contribution >= 0.6 is 0 Å². The first-order chi connectivity index (χ1) is 59.4. The van der Waals surface area contributed by atoms with Gasteiger partial charge < -0.3 is 9.47 Å². The van der Waals surface area contributed by atoms with E-state index in [2.05, 4.69) is 315 Å². The van der Waals surface area contributed by atoms with E-state index in [0.717, 1.165) is 167 Å². The van der Waals surface area contributed by atoms with Gasteiger partial charge in [0.1, 0.15) is 17.2 Å². The maximum atomic E-state index is 6.80. The van der Waals surface area contributed by atoms with Crippen molar-refractivity contribution in [3.63, 3.8) is 0 Å². The third-order valence-corrected chi connectivity index (χ3v) is 24.2. The van der Waals surface area contributed by atoms with Gasteiger partial charge in [-0.3, -0.25) is 9.97 Å². The van der Waals surface area contributed by atoms with Crippen molar-refractivity contribution in [1.29, 1.82) is 0 Å². The van der Waals surface area contributed by atoms with Crippen molar-refractivity contribution in [2.45, 2.75) is 10.8 Å². The quantitative estimate of drug-likeness (QED) is 0.124. The predicted molar refractivity (Wildman–Crippen MR) is 481 cm³/mol. The van der Waals surface area contributed by atoms with Gasteiger partial charge in [0.2, 0.25) is 0 Å². The Bertz CT molecular complexity index is 7420. The van der Waals surface area contributed by atoms with E-state index in [0.29, 0.717) is 34.9 Å². The molecule has 1 unspecified atom stereocenters. The van der Waals surface area contributed by atoms with Crippen LogP contribution in [-0.4, -0.2) is 39.9 Å². The largest absolute Gasteiger partial charge is 0.465 e. The lowest BCUT2D eigenvalue weighted by molar-refractivity contribution is 0.436. The minimum absolute atomic E-state index is 0.539. The molecule has 1 atom stereocenters. The number of allylic oxidation sites excluding steroid dienone is 5. The van der Waals surface area contributed by atoms with Gasteiger partial charge in [-0.1, -0.05) is 328 Å². The van der Waals surface area contributed by atoms with Gasteiger partial charge in [0, 0.05) is 84.4 Å². The summed E-state index contributed by atoms with van der Waals surface area (Å²) in [6.45, 7) is 0. The highest BCUT2D eigenvalue weighted by Gasteiger charge is 2.52. The SMILES string of the molecule is C1=C\C=C\C2(c3ccccc3O/C=C/1)c1cc(-c3nc(-c4ccccc4)nc(-c4cccc(-c5ccc(-c6nc(-c7ccccc7)nc(-c7ccc(-c8ccc9c(c8)C8(c%10ccccc%10Oc%10ccccc%108)c8cc(-c%10cccc%11cccnc%10%11)ccc8-9)cc7)n6)cc5)c4)n3)ccc1-c1ccc(-c3ccc(-c4ccccc4)c4cccnc34)cc12. The topological polar surface area (TPSA) is 122 Å². The molecule has 0 saturated carbocycles. The molecule has 0 radical (unpaired) electrons. The number of hydrogen-bond acceptors (Lipinski definition) is 10. The molecular formula is C110H68N8O2. The molecule has 10 nitrogen and oxygen atoms in total. The second-order valence-corrected chi connectivity index (χ2v) is 30.8. The van der Waals surface area contributed by atoms with Crippen molar-refractivity contribution in [1.82, 2.24) is 39.9 Å². The number of nitrogens with zero attached hydrogens (tertiary/aromatic N) is 8. The molecule has 2 aliphatic carbocycles. The van der Waals surface area contributed by atoms with E-state index in [1.54, 1.807) is 6.26 Å². The van der Waals surface area contributed by atoms with Gasteiger partial charge in [0.15, 0.2) is 34.9 Å². The second-order valence-electron chi connectivity index (χ2n) is 30.8. The molecule has 0 amide bonds. The molecule has 0 N–H and O–H groups in total. The molecule has 120 heavy (non-hydrogen) atoms. The van der Waals surface area contributed by atoms with Crippen molar-refractivity contribution in [3.05, 3.63) is 452 Å². The van der Waals surface area contributed by atoms with Crippen LogP contribution in [0.2, 0.25) is 0 Å². The number of aromatic nitrogens is 8. The summed E-state index contributed by atoms with van der Waals surface area (Å²) in [7, 11) is 0. The Hall–Kier alpha value is -16.0. The molecular weight excluding hydrogens is 1470 g/mol. The van der Waals surface area contributed by atoms with E-state index in [1.807, 2.05) is 91.3 Å². The standard InChI is InChI=1S/C110H68N8O2/c1-2-19-63-119-98-39-15-12-36-91(98)109(60-18-1)94-66-79(85-59-58-83(71-24-6-3-7-25-71)90-35-23-62-112-102(85)90)51-55-86(94)87-57-53-82(68-95(87)109)108-117-104(74-28-10-5-11-29-74)116-107(118-108)81-32-20-31-77(64-81)69-42-46-75(47-43-69)105-113-103(73-26-8-4-9-27-73)114-106(115-105)76-48-44-70(45-49-76)78-50-54-88-89-56-52-80(84-34-21-30-72-33-22-61-111-101(72)84)67-97(89)110(96(88)65-78)92-37-13-16-40-99(92)120-100-41-17-14-38-93(100)110/h1-68H/b2-1-,60-18+,63-19+. The van der Waals surface area contributed by atoms with E-state index < -0.39 is 10.8 Å². The van der Waals surface area contributed by atoms with Crippen LogP contribution < -0.4 is 9.47 Å². The van der Waals surface area contributed by atoms with Crippen molar-refractivity contribution in [2.24, 2.45) is 0 Å². The zero-order valence-electron chi connectivity index (χ0n) is 64.7. The highest BCUT2D eigenvalue weighted by atomic mass is 16.5. The molecule has 15 aromatic carbocycles. The zero-order chi connectivity index (χ0) is 79.2. The van der Waals surface area contributed by atoms with E-state index in [4.69, 9.17) is 49.3 Å². The molecule has 4 aliphatic rings. The first-order valence-electron chi connectivity index (χ1n) is 40.4. The maximum Gasteiger partial charge on any atom is 0.164 e. The average molecular weight is 1530 g/mol. The fourth-order valence-electron chi connectivity index (χ4n) is 18.6. The average Bonchev–Trinajstić information content (AvgIpc) is 1.49. The number of para-hydroxylation sites is 4. The lowest BCUT2D eigenvalue weighted by atomic mass is 9.65. The van der Waals surface area contributed by atoms with Crippen LogP contribution in [0.1, 0.15) is 38.9 Å². The number of hydrogen-bond donors (Lipinski definition) is 0. The highest BCUT2D eigenvalue weighted by Crippen LogP contribution is 2.64. The van der Waals surface area contributed by atoms with Crippen LogP contribution in [0, 0.1) is 0 Å². The lowest BCUT2D eigenvalue weighted by Gasteiger charge is -2.39. The fourth-order valence-corrected chi connectivity index (χ4v) is 18.6. The van der Waals surface area contributed by atoms with E-state index in [9.17, 15) is 0 Å². The van der Waals surface area contributed by atoms with Crippen LogP contribution in [0.5, 0.6) is 17.2 Å². The second kappa shape index (κ2) is 28.5. The lowest BCUT2D eigenvalue weighted by Crippen LogP contribution is -2.32. The van der Waals surface area contributed by atoms with Crippen molar-refractivity contribution < 1.29 is 9.47 Å². The first kappa shape index (κ1) is 69.5. The Kier molecular flexibility index (Phi) is 16.5. The summed E-state index contributed by atoms with van der Waals surface area (Å²) in [5.74, 6) is 5.76. The molecule has 0 saturated heterocycles. The molecule has 19 aromatic rings. The zero-order valence-corrected chi connectivity index (χ0v) is 64.7. The third-order valence-electron chi connectivity index (χ3n) is 24.2. The van der Waals surface area contributed by atoms with Gasteiger partial charge in [0.25, 0.3) is 0 Å². The van der Waals surface area contributed by atoms with E-state index >= 15 is 0 Å². The van der Waals surface area contributed by atoms with Gasteiger partial charge in [0.05, 0.1) is 28.1 Å². The summed E-state index contributed by atoms with van der Waals surface area (Å²) in [5.41, 5.74) is 28.6. The summed E-state index contributed by atoms with van der Waals surface area (Å²) in [6.07, 6.45) is 16.0. The van der Waals surface area contributed by atoms with Crippen LogP contribution in [-0.2, 0) is 10.8 Å². The molecule has 2 aliphatic heterocycles. The maximum absolute atomic E-state index is 6.80. The number of pyridine rings is 2. The molecule has 0 fully saturated rings. The van der Waals surface area contributed by atoms with Crippen molar-refractivity contribution in [3.8, 4) is 163 Å². The van der Waals surface area contributed by atoms with Gasteiger partial charge in [-0.25, -0.2) is 29.9 Å². The van der Waals surface area contributed by atoms with Crippen LogP contribution in [0.15, 0.2) is 413 Å². The molecule has 10 heteroatoms. The monoisotopic (exact) mass is 1530 g/mol. The summed E-state index contributed by atoms with van der Waals surface area (Å²) in [6, 6.07) is 128. The molecule has 4 aromatic heterocycles. The molecule has 0 bridgehead atoms. The third kappa shape index (κ3) is 11.5. The van der Waals surface area contributed by atoms with Gasteiger partial charge in [-0.2, -0.15) is 0 Å². The summed E-state index contributed by atoms with van der Waals surface area (Å²) in [5, 5.41) is 2.19. The van der Waals surface area contributed by atoms with E-state index in [-0.39, 0.29) is 0 Å². The normalized spacial score (nSPS) is 14.9.